The van der Waals surface area contributed by atoms with Crippen molar-refractivity contribution in [2.75, 3.05) is 6.54 Å². The summed E-state index contributed by atoms with van der Waals surface area (Å²) in [5.74, 6) is -2.44. The highest BCUT2D eigenvalue weighted by molar-refractivity contribution is 5.25. The number of nitrogens with one attached hydrogen (secondary N) is 1. The van der Waals surface area contributed by atoms with Crippen molar-refractivity contribution in [1.82, 2.24) is 5.32 Å². The Balaban J connectivity index is 1.77. The van der Waals surface area contributed by atoms with Crippen LogP contribution in [0.4, 0.5) is 8.78 Å². The topological polar surface area (TPSA) is 12.0 Å². The summed E-state index contributed by atoms with van der Waals surface area (Å²) in [5.41, 5.74) is 2.34. The highest BCUT2D eigenvalue weighted by atomic mass is 19.3. The van der Waals surface area contributed by atoms with Crippen molar-refractivity contribution in [2.45, 2.75) is 51.0 Å². The number of aryl methyl sites for hydroxylation is 1. The van der Waals surface area contributed by atoms with Crippen LogP contribution in [0.25, 0.3) is 0 Å². The van der Waals surface area contributed by atoms with Gasteiger partial charge in [0, 0.05) is 18.9 Å². The number of hydrogen-bond acceptors (Lipinski definition) is 1. The fourth-order valence-electron chi connectivity index (χ4n) is 3.71. The maximum atomic E-state index is 13.5. The molecule has 0 amide bonds. The van der Waals surface area contributed by atoms with Gasteiger partial charge in [-0.15, -0.1) is 0 Å². The van der Waals surface area contributed by atoms with E-state index in [0.717, 1.165) is 19.4 Å². The van der Waals surface area contributed by atoms with E-state index >= 15 is 0 Å². The Morgan fingerprint density at radius 3 is 2.47 bits per heavy atom. The zero-order chi connectivity index (χ0) is 13.5. The molecule has 104 valence electrons. The highest BCUT2D eigenvalue weighted by Gasteiger charge is 2.50. The summed E-state index contributed by atoms with van der Waals surface area (Å²) in [6, 6.07) is 8.68. The molecule has 1 N–H and O–H groups in total. The Morgan fingerprint density at radius 1 is 1.11 bits per heavy atom. The minimum absolute atomic E-state index is 0.0770. The van der Waals surface area contributed by atoms with Crippen LogP contribution in [0.15, 0.2) is 24.3 Å². The van der Waals surface area contributed by atoms with E-state index in [1.807, 2.05) is 0 Å². The third kappa shape index (κ3) is 2.66. The summed E-state index contributed by atoms with van der Waals surface area (Å²) in [6.45, 7) is 2.92. The molecule has 1 aliphatic heterocycles. The monoisotopic (exact) mass is 265 g/mol. The lowest BCUT2D eigenvalue weighted by Gasteiger charge is -2.39. The van der Waals surface area contributed by atoms with E-state index in [0.29, 0.717) is 6.42 Å². The summed E-state index contributed by atoms with van der Waals surface area (Å²) in [7, 11) is 0. The van der Waals surface area contributed by atoms with Gasteiger partial charge in [-0.05, 0) is 43.7 Å². The molecule has 0 aromatic heterocycles. The Morgan fingerprint density at radius 2 is 1.84 bits per heavy atom. The summed E-state index contributed by atoms with van der Waals surface area (Å²) in [4.78, 5) is 0. The van der Waals surface area contributed by atoms with Gasteiger partial charge in [0.1, 0.15) is 0 Å². The molecule has 3 heteroatoms. The van der Waals surface area contributed by atoms with E-state index < -0.39 is 5.92 Å². The van der Waals surface area contributed by atoms with Gasteiger partial charge < -0.3 is 5.32 Å². The second-order valence-corrected chi connectivity index (χ2v) is 6.40. The molecule has 1 unspecified atom stereocenters. The van der Waals surface area contributed by atoms with Gasteiger partial charge in [0.05, 0.1) is 0 Å². The first-order chi connectivity index (χ1) is 8.98. The Hall–Kier alpha value is -0.960. The summed E-state index contributed by atoms with van der Waals surface area (Å²) in [5, 5.41) is 3.49. The molecule has 1 spiro atoms. The first-order valence-electron chi connectivity index (χ1n) is 7.16. The van der Waals surface area contributed by atoms with Crippen molar-refractivity contribution >= 4 is 0 Å². The van der Waals surface area contributed by atoms with Crippen molar-refractivity contribution in [3.05, 3.63) is 35.4 Å². The molecular formula is C16H21F2N. The fourth-order valence-corrected chi connectivity index (χ4v) is 3.71. The van der Waals surface area contributed by atoms with Gasteiger partial charge in [-0.1, -0.05) is 29.8 Å². The van der Waals surface area contributed by atoms with Crippen LogP contribution in [0.1, 0.15) is 49.3 Å². The molecule has 1 aromatic rings. The first kappa shape index (κ1) is 13.0. The Labute approximate surface area is 113 Å². The van der Waals surface area contributed by atoms with Gasteiger partial charge in [0.25, 0.3) is 0 Å². The molecular weight excluding hydrogens is 244 g/mol. The molecule has 1 saturated carbocycles. The van der Waals surface area contributed by atoms with E-state index in [4.69, 9.17) is 0 Å². The molecule has 1 nitrogen and oxygen atoms in total. The van der Waals surface area contributed by atoms with Crippen LogP contribution in [0.3, 0.4) is 0 Å². The third-order valence-corrected chi connectivity index (χ3v) is 4.82. The highest BCUT2D eigenvalue weighted by Crippen LogP contribution is 2.54. The summed E-state index contributed by atoms with van der Waals surface area (Å²) < 4.78 is 27.1. The smallest absolute Gasteiger partial charge is 0.248 e. The van der Waals surface area contributed by atoms with Crippen LogP contribution in [0.5, 0.6) is 0 Å². The number of hydrogen-bond donors (Lipinski definition) is 1. The van der Waals surface area contributed by atoms with Crippen molar-refractivity contribution in [1.29, 1.82) is 0 Å². The predicted molar refractivity (Wildman–Crippen MR) is 72.4 cm³/mol. The summed E-state index contributed by atoms with van der Waals surface area (Å²) >= 11 is 0. The molecule has 0 bridgehead atoms. The fraction of sp³-hybridized carbons (Fsp3) is 0.625. The largest absolute Gasteiger partial charge is 0.310 e. The van der Waals surface area contributed by atoms with Crippen LogP contribution in [-0.4, -0.2) is 12.5 Å². The van der Waals surface area contributed by atoms with Crippen molar-refractivity contribution in [3.8, 4) is 0 Å². The first-order valence-corrected chi connectivity index (χ1v) is 7.16. The van der Waals surface area contributed by atoms with E-state index in [1.165, 1.54) is 11.1 Å². The minimum Gasteiger partial charge on any atom is -0.310 e. The van der Waals surface area contributed by atoms with Gasteiger partial charge >= 0.3 is 0 Å². The molecule has 2 fully saturated rings. The molecule has 19 heavy (non-hydrogen) atoms. The van der Waals surface area contributed by atoms with E-state index in [-0.39, 0.29) is 24.3 Å². The van der Waals surface area contributed by atoms with Crippen molar-refractivity contribution in [3.63, 3.8) is 0 Å². The third-order valence-electron chi connectivity index (χ3n) is 4.82. The van der Waals surface area contributed by atoms with Crippen LogP contribution in [0.2, 0.25) is 0 Å². The second-order valence-electron chi connectivity index (χ2n) is 6.40. The van der Waals surface area contributed by atoms with Gasteiger partial charge in [-0.25, -0.2) is 8.78 Å². The molecule has 0 radical (unpaired) electrons. The normalized spacial score (nSPS) is 33.7. The maximum absolute atomic E-state index is 13.5. The standard InChI is InChI=1S/C16H21F2N/c1-12-2-4-13(5-3-12)14-10-15(8-9-19-14)6-7-16(17,18)11-15/h2-5,14,19H,6-11H2,1H3/t14-,15?/m1/s1. The second kappa shape index (κ2) is 4.55. The molecule has 1 heterocycles. The molecule has 1 aliphatic carbocycles. The lowest BCUT2D eigenvalue weighted by atomic mass is 9.73. The quantitative estimate of drug-likeness (QED) is 0.801. The molecule has 1 saturated heterocycles. The zero-order valence-corrected chi connectivity index (χ0v) is 11.4. The lowest BCUT2D eigenvalue weighted by Crippen LogP contribution is -2.38. The molecule has 2 aliphatic rings. The van der Waals surface area contributed by atoms with E-state index in [1.54, 1.807) is 0 Å². The van der Waals surface area contributed by atoms with Crippen LogP contribution in [-0.2, 0) is 0 Å². The minimum atomic E-state index is -2.44. The Kier molecular flexibility index (Phi) is 3.12. The van der Waals surface area contributed by atoms with E-state index in [9.17, 15) is 8.78 Å². The zero-order valence-electron chi connectivity index (χ0n) is 11.4. The lowest BCUT2D eigenvalue weighted by molar-refractivity contribution is -0.00991. The van der Waals surface area contributed by atoms with Crippen LogP contribution >= 0.6 is 0 Å². The van der Waals surface area contributed by atoms with Gasteiger partial charge in [0.15, 0.2) is 0 Å². The average Bonchev–Trinajstić information content (AvgIpc) is 2.65. The predicted octanol–water partition coefficient (Wildman–Crippen LogP) is 4.23. The molecule has 2 atom stereocenters. The van der Waals surface area contributed by atoms with Crippen molar-refractivity contribution < 1.29 is 8.78 Å². The van der Waals surface area contributed by atoms with Crippen LogP contribution in [0, 0.1) is 12.3 Å². The van der Waals surface area contributed by atoms with E-state index in [2.05, 4.69) is 36.5 Å². The van der Waals surface area contributed by atoms with Crippen molar-refractivity contribution in [2.24, 2.45) is 5.41 Å². The number of alkyl halides is 2. The molecule has 3 rings (SSSR count). The SMILES string of the molecule is Cc1ccc([C@H]2CC3(CCN2)CCC(F)(F)C3)cc1. The van der Waals surface area contributed by atoms with Gasteiger partial charge in [-0.3, -0.25) is 0 Å². The van der Waals surface area contributed by atoms with Gasteiger partial charge in [-0.2, -0.15) is 0 Å². The molecule has 1 aromatic carbocycles. The average molecular weight is 265 g/mol. The number of rotatable bonds is 1. The maximum Gasteiger partial charge on any atom is 0.248 e. The van der Waals surface area contributed by atoms with Crippen LogP contribution < -0.4 is 5.32 Å². The van der Waals surface area contributed by atoms with Gasteiger partial charge in [0.2, 0.25) is 5.92 Å². The number of halogens is 2. The number of benzene rings is 1. The Bertz CT molecular complexity index is 454. The summed E-state index contributed by atoms with van der Waals surface area (Å²) in [6.07, 6.45) is 2.60. The number of piperidine rings is 1.